The molecular formula is C8H13ClN4O. The van der Waals surface area contributed by atoms with Crippen LogP contribution in [0.15, 0.2) is 11.1 Å². The summed E-state index contributed by atoms with van der Waals surface area (Å²) in [6.45, 7) is 1.55. The molecular weight excluding hydrogens is 204 g/mol. The van der Waals surface area contributed by atoms with Crippen LogP contribution < -0.4 is 10.9 Å². The molecule has 0 aliphatic rings. The van der Waals surface area contributed by atoms with Crippen LogP contribution in [-0.4, -0.2) is 42.1 Å². The minimum absolute atomic E-state index is 0.103. The van der Waals surface area contributed by atoms with E-state index in [1.807, 2.05) is 19.0 Å². The van der Waals surface area contributed by atoms with Crippen molar-refractivity contribution in [2.24, 2.45) is 0 Å². The molecule has 0 saturated heterocycles. The van der Waals surface area contributed by atoms with Crippen molar-refractivity contribution < 1.29 is 0 Å². The van der Waals surface area contributed by atoms with Crippen LogP contribution in [-0.2, 0) is 0 Å². The Labute approximate surface area is 87.1 Å². The molecule has 1 aromatic heterocycles. The van der Waals surface area contributed by atoms with Gasteiger partial charge < -0.3 is 15.2 Å². The number of rotatable bonds is 4. The van der Waals surface area contributed by atoms with E-state index in [-0.39, 0.29) is 10.6 Å². The van der Waals surface area contributed by atoms with Crippen molar-refractivity contribution in [3.8, 4) is 0 Å². The molecule has 0 spiro atoms. The van der Waals surface area contributed by atoms with Gasteiger partial charge in [-0.05, 0) is 14.1 Å². The third-order valence-corrected chi connectivity index (χ3v) is 2.00. The highest BCUT2D eigenvalue weighted by Crippen LogP contribution is 2.10. The van der Waals surface area contributed by atoms with Gasteiger partial charge in [-0.1, -0.05) is 11.6 Å². The van der Waals surface area contributed by atoms with E-state index in [2.05, 4.69) is 15.3 Å². The molecule has 1 heterocycles. The number of anilines is 1. The Balaban J connectivity index is 2.59. The van der Waals surface area contributed by atoms with Gasteiger partial charge in [-0.3, -0.25) is 4.79 Å². The first-order valence-corrected chi connectivity index (χ1v) is 4.61. The maximum Gasteiger partial charge on any atom is 0.271 e. The highest BCUT2D eigenvalue weighted by Gasteiger charge is 2.04. The van der Waals surface area contributed by atoms with E-state index in [0.717, 1.165) is 6.54 Å². The summed E-state index contributed by atoms with van der Waals surface area (Å²) in [7, 11) is 3.93. The van der Waals surface area contributed by atoms with Gasteiger partial charge in [-0.25, -0.2) is 4.98 Å². The Hall–Kier alpha value is -1.07. The second-order valence-corrected chi connectivity index (χ2v) is 3.50. The standard InChI is InChI=1S/C8H13ClN4O/c1-13(2)4-3-10-7-6(9)8(14)12-5-11-7/h5H,3-4H2,1-2H3,(H2,10,11,12,14). The molecule has 0 radical (unpaired) electrons. The summed E-state index contributed by atoms with van der Waals surface area (Å²) >= 11 is 5.73. The summed E-state index contributed by atoms with van der Waals surface area (Å²) in [4.78, 5) is 19.4. The van der Waals surface area contributed by atoms with Crippen LogP contribution in [0.4, 0.5) is 5.82 Å². The summed E-state index contributed by atoms with van der Waals surface area (Å²) in [6.07, 6.45) is 1.33. The van der Waals surface area contributed by atoms with Gasteiger partial charge in [0.1, 0.15) is 5.02 Å². The minimum Gasteiger partial charge on any atom is -0.367 e. The minimum atomic E-state index is -0.325. The van der Waals surface area contributed by atoms with Crippen molar-refractivity contribution >= 4 is 17.4 Å². The lowest BCUT2D eigenvalue weighted by Crippen LogP contribution is -2.22. The molecule has 78 valence electrons. The zero-order valence-corrected chi connectivity index (χ0v) is 8.93. The molecule has 2 N–H and O–H groups in total. The van der Waals surface area contributed by atoms with Gasteiger partial charge in [0.05, 0.1) is 6.33 Å². The van der Waals surface area contributed by atoms with Gasteiger partial charge in [0, 0.05) is 13.1 Å². The number of nitrogens with one attached hydrogen (secondary N) is 2. The molecule has 5 nitrogen and oxygen atoms in total. The highest BCUT2D eigenvalue weighted by molar-refractivity contribution is 6.32. The molecule has 0 aliphatic heterocycles. The van der Waals surface area contributed by atoms with Crippen LogP contribution in [0.25, 0.3) is 0 Å². The Bertz CT molecular complexity index is 349. The number of hydrogen-bond acceptors (Lipinski definition) is 4. The quantitative estimate of drug-likeness (QED) is 0.765. The third-order valence-electron chi connectivity index (χ3n) is 1.65. The van der Waals surface area contributed by atoms with Crippen LogP contribution in [0.5, 0.6) is 0 Å². The van der Waals surface area contributed by atoms with Crippen LogP contribution >= 0.6 is 11.6 Å². The SMILES string of the molecule is CN(C)CCNc1nc[nH]c(=O)c1Cl. The first kappa shape index (κ1) is 11.0. The second kappa shape index (κ2) is 4.97. The van der Waals surface area contributed by atoms with E-state index in [1.165, 1.54) is 6.33 Å². The largest absolute Gasteiger partial charge is 0.367 e. The lowest BCUT2D eigenvalue weighted by molar-refractivity contribution is 0.425. The lowest BCUT2D eigenvalue weighted by Gasteiger charge is -2.10. The molecule has 0 atom stereocenters. The van der Waals surface area contributed by atoms with Gasteiger partial charge in [0.15, 0.2) is 5.82 Å². The number of aromatic amines is 1. The zero-order chi connectivity index (χ0) is 10.6. The van der Waals surface area contributed by atoms with Gasteiger partial charge in [0.25, 0.3) is 5.56 Å². The maximum atomic E-state index is 11.1. The molecule has 0 bridgehead atoms. The molecule has 0 unspecified atom stereocenters. The van der Waals surface area contributed by atoms with Crippen molar-refractivity contribution in [2.45, 2.75) is 0 Å². The first-order chi connectivity index (χ1) is 6.61. The van der Waals surface area contributed by atoms with Crippen molar-refractivity contribution in [1.29, 1.82) is 0 Å². The molecule has 0 aromatic carbocycles. The van der Waals surface area contributed by atoms with Crippen molar-refractivity contribution in [3.63, 3.8) is 0 Å². The van der Waals surface area contributed by atoms with Crippen LogP contribution in [0.1, 0.15) is 0 Å². The molecule has 1 rings (SSSR count). The van der Waals surface area contributed by atoms with E-state index in [0.29, 0.717) is 12.4 Å². The first-order valence-electron chi connectivity index (χ1n) is 4.23. The van der Waals surface area contributed by atoms with Crippen LogP contribution in [0.2, 0.25) is 5.02 Å². The van der Waals surface area contributed by atoms with Gasteiger partial charge in [0.2, 0.25) is 0 Å². The highest BCUT2D eigenvalue weighted by atomic mass is 35.5. The van der Waals surface area contributed by atoms with Gasteiger partial charge in [-0.15, -0.1) is 0 Å². The number of likely N-dealkylation sites (N-methyl/N-ethyl adjacent to an activating group) is 1. The smallest absolute Gasteiger partial charge is 0.271 e. The Morgan fingerprint density at radius 1 is 1.64 bits per heavy atom. The Morgan fingerprint density at radius 2 is 2.36 bits per heavy atom. The number of nitrogens with zero attached hydrogens (tertiary/aromatic N) is 2. The molecule has 6 heteroatoms. The average molecular weight is 217 g/mol. The van der Waals surface area contributed by atoms with Gasteiger partial charge in [-0.2, -0.15) is 0 Å². The summed E-state index contributed by atoms with van der Waals surface area (Å²) in [5.74, 6) is 0.428. The predicted octanol–water partition coefficient (Wildman–Crippen LogP) is 0.397. The topological polar surface area (TPSA) is 61.0 Å². The van der Waals surface area contributed by atoms with Crippen molar-refractivity contribution in [1.82, 2.24) is 14.9 Å². The average Bonchev–Trinajstić information content (AvgIpc) is 2.12. The summed E-state index contributed by atoms with van der Waals surface area (Å²) in [5, 5.41) is 3.08. The molecule has 0 amide bonds. The molecule has 0 aliphatic carbocycles. The molecule has 0 fully saturated rings. The fourth-order valence-electron chi connectivity index (χ4n) is 0.904. The van der Waals surface area contributed by atoms with Crippen LogP contribution in [0, 0.1) is 0 Å². The van der Waals surface area contributed by atoms with E-state index >= 15 is 0 Å². The van der Waals surface area contributed by atoms with Gasteiger partial charge >= 0.3 is 0 Å². The summed E-state index contributed by atoms with van der Waals surface area (Å²) in [5.41, 5.74) is -0.325. The number of halogens is 1. The van der Waals surface area contributed by atoms with Crippen LogP contribution in [0.3, 0.4) is 0 Å². The fraction of sp³-hybridized carbons (Fsp3) is 0.500. The third kappa shape index (κ3) is 3.01. The summed E-state index contributed by atoms with van der Waals surface area (Å²) < 4.78 is 0. The van der Waals surface area contributed by atoms with E-state index in [1.54, 1.807) is 0 Å². The second-order valence-electron chi connectivity index (χ2n) is 3.12. The number of hydrogen-bond donors (Lipinski definition) is 2. The molecule has 14 heavy (non-hydrogen) atoms. The van der Waals surface area contributed by atoms with E-state index < -0.39 is 0 Å². The van der Waals surface area contributed by atoms with Crippen molar-refractivity contribution in [3.05, 3.63) is 21.7 Å². The Morgan fingerprint density at radius 3 is 3.00 bits per heavy atom. The number of H-pyrrole nitrogens is 1. The monoisotopic (exact) mass is 216 g/mol. The van der Waals surface area contributed by atoms with E-state index in [9.17, 15) is 4.79 Å². The maximum absolute atomic E-state index is 11.1. The van der Waals surface area contributed by atoms with Crippen molar-refractivity contribution in [2.75, 3.05) is 32.5 Å². The summed E-state index contributed by atoms with van der Waals surface area (Å²) in [6, 6.07) is 0. The number of aromatic nitrogens is 2. The molecule has 0 saturated carbocycles. The Kier molecular flexibility index (Phi) is 3.91. The zero-order valence-electron chi connectivity index (χ0n) is 8.17. The van der Waals surface area contributed by atoms with E-state index in [4.69, 9.17) is 11.6 Å². The normalized spacial score (nSPS) is 10.6. The predicted molar refractivity (Wildman–Crippen MR) is 56.9 cm³/mol. The molecule has 1 aromatic rings. The fourth-order valence-corrected chi connectivity index (χ4v) is 1.07. The lowest BCUT2D eigenvalue weighted by atomic mass is 10.5.